The second kappa shape index (κ2) is 3.98. The van der Waals surface area contributed by atoms with Crippen LogP contribution in [0.15, 0.2) is 24.3 Å². The van der Waals surface area contributed by atoms with E-state index < -0.39 is 8.32 Å². The SMILES string of the molecule is CC(C)(Cc1cccc(N)c1)[Si](C)(C)O. The minimum Gasteiger partial charge on any atom is -0.432 e. The Morgan fingerprint density at radius 2 is 1.93 bits per heavy atom. The van der Waals surface area contributed by atoms with E-state index in [2.05, 4.69) is 19.9 Å². The smallest absolute Gasteiger partial charge is 0.188 e. The standard InChI is InChI=1S/C12H21NOSi/c1-12(2,15(3,4)14)9-10-6-5-7-11(13)8-10/h5-8,14H,9,13H2,1-4H3. The van der Waals surface area contributed by atoms with Crippen molar-refractivity contribution >= 4 is 14.0 Å². The molecule has 0 aliphatic heterocycles. The van der Waals surface area contributed by atoms with Crippen molar-refractivity contribution in [2.24, 2.45) is 0 Å². The van der Waals surface area contributed by atoms with Gasteiger partial charge in [-0.2, -0.15) is 0 Å². The molecule has 0 heterocycles. The van der Waals surface area contributed by atoms with Crippen molar-refractivity contribution in [2.75, 3.05) is 5.73 Å². The highest BCUT2D eigenvalue weighted by Gasteiger charge is 2.37. The van der Waals surface area contributed by atoms with Crippen LogP contribution in [-0.4, -0.2) is 13.1 Å². The minimum absolute atomic E-state index is 0.0270. The molecule has 0 aliphatic carbocycles. The van der Waals surface area contributed by atoms with Gasteiger partial charge in [-0.15, -0.1) is 0 Å². The average molecular weight is 223 g/mol. The van der Waals surface area contributed by atoms with Gasteiger partial charge >= 0.3 is 0 Å². The second-order valence-corrected chi connectivity index (χ2v) is 9.84. The van der Waals surface area contributed by atoms with Crippen LogP contribution in [-0.2, 0) is 6.42 Å². The molecule has 3 heteroatoms. The predicted octanol–water partition coefficient (Wildman–Crippen LogP) is 2.79. The molecule has 0 spiro atoms. The van der Waals surface area contributed by atoms with Gasteiger partial charge in [0.1, 0.15) is 0 Å². The van der Waals surface area contributed by atoms with Gasteiger partial charge < -0.3 is 10.5 Å². The molecule has 1 rings (SSSR count). The lowest BCUT2D eigenvalue weighted by molar-refractivity contribution is 0.467. The Morgan fingerprint density at radius 3 is 2.40 bits per heavy atom. The molecule has 0 radical (unpaired) electrons. The number of anilines is 1. The molecule has 0 fully saturated rings. The predicted molar refractivity (Wildman–Crippen MR) is 68.3 cm³/mol. The summed E-state index contributed by atoms with van der Waals surface area (Å²) < 4.78 is 0. The van der Waals surface area contributed by atoms with Crippen LogP contribution in [0.25, 0.3) is 0 Å². The van der Waals surface area contributed by atoms with Gasteiger partial charge in [-0.05, 0) is 42.2 Å². The molecule has 0 aromatic heterocycles. The van der Waals surface area contributed by atoms with Crippen LogP contribution in [0, 0.1) is 0 Å². The maximum atomic E-state index is 10.2. The van der Waals surface area contributed by atoms with Crippen molar-refractivity contribution in [3.63, 3.8) is 0 Å². The van der Waals surface area contributed by atoms with Gasteiger partial charge in [0.2, 0.25) is 0 Å². The summed E-state index contributed by atoms with van der Waals surface area (Å²) in [6.07, 6.45) is 0.883. The van der Waals surface area contributed by atoms with E-state index in [1.54, 1.807) is 0 Å². The highest BCUT2D eigenvalue weighted by atomic mass is 28.4. The van der Waals surface area contributed by atoms with Gasteiger partial charge in [0.05, 0.1) is 0 Å². The van der Waals surface area contributed by atoms with Crippen molar-refractivity contribution in [3.8, 4) is 0 Å². The topological polar surface area (TPSA) is 46.2 Å². The first-order valence-electron chi connectivity index (χ1n) is 5.29. The number of rotatable bonds is 3. The Morgan fingerprint density at radius 1 is 1.33 bits per heavy atom. The Hall–Kier alpha value is -0.803. The molecule has 15 heavy (non-hydrogen) atoms. The molecule has 2 nitrogen and oxygen atoms in total. The fourth-order valence-corrected chi connectivity index (χ4v) is 2.07. The van der Waals surface area contributed by atoms with Gasteiger partial charge in [0, 0.05) is 5.69 Å². The summed E-state index contributed by atoms with van der Waals surface area (Å²) >= 11 is 0. The van der Waals surface area contributed by atoms with Crippen molar-refractivity contribution < 1.29 is 4.80 Å². The van der Waals surface area contributed by atoms with Crippen LogP contribution in [0.3, 0.4) is 0 Å². The Kier molecular flexibility index (Phi) is 3.26. The van der Waals surface area contributed by atoms with E-state index in [-0.39, 0.29) is 5.04 Å². The largest absolute Gasteiger partial charge is 0.432 e. The fraction of sp³-hybridized carbons (Fsp3) is 0.500. The Balaban J connectivity index is 2.87. The summed E-state index contributed by atoms with van der Waals surface area (Å²) in [7, 11) is -2.13. The highest BCUT2D eigenvalue weighted by Crippen LogP contribution is 2.38. The summed E-state index contributed by atoms with van der Waals surface area (Å²) in [5.41, 5.74) is 7.73. The molecule has 84 valence electrons. The van der Waals surface area contributed by atoms with E-state index in [4.69, 9.17) is 5.73 Å². The van der Waals surface area contributed by atoms with Gasteiger partial charge in [-0.3, -0.25) is 0 Å². The second-order valence-electron chi connectivity index (χ2n) is 5.36. The van der Waals surface area contributed by atoms with E-state index in [1.807, 2.05) is 31.3 Å². The van der Waals surface area contributed by atoms with Gasteiger partial charge in [-0.25, -0.2) is 0 Å². The average Bonchev–Trinajstić information content (AvgIpc) is 2.00. The number of hydrogen-bond donors (Lipinski definition) is 2. The minimum atomic E-state index is -2.13. The summed E-state index contributed by atoms with van der Waals surface area (Å²) in [4.78, 5) is 10.2. The highest BCUT2D eigenvalue weighted by molar-refractivity contribution is 6.72. The first-order valence-corrected chi connectivity index (χ1v) is 8.24. The first-order chi connectivity index (χ1) is 6.72. The molecule has 1 aromatic rings. The molecular weight excluding hydrogens is 202 g/mol. The van der Waals surface area contributed by atoms with Crippen molar-refractivity contribution in [1.29, 1.82) is 0 Å². The number of nitrogens with two attached hydrogens (primary N) is 1. The third-order valence-electron chi connectivity index (χ3n) is 3.25. The van der Waals surface area contributed by atoms with Crippen molar-refractivity contribution in [3.05, 3.63) is 29.8 Å². The molecule has 0 aliphatic rings. The van der Waals surface area contributed by atoms with E-state index in [0.717, 1.165) is 12.1 Å². The third kappa shape index (κ3) is 3.07. The Labute approximate surface area is 93.3 Å². The summed E-state index contributed by atoms with van der Waals surface area (Å²) in [6, 6.07) is 7.91. The maximum absolute atomic E-state index is 10.2. The monoisotopic (exact) mass is 223 g/mol. The van der Waals surface area contributed by atoms with Gasteiger partial charge in [0.15, 0.2) is 8.32 Å². The molecule has 3 N–H and O–H groups in total. The molecule has 0 bridgehead atoms. The quantitative estimate of drug-likeness (QED) is 0.611. The lowest BCUT2D eigenvalue weighted by Crippen LogP contribution is -2.40. The van der Waals surface area contributed by atoms with E-state index in [1.165, 1.54) is 5.56 Å². The van der Waals surface area contributed by atoms with Crippen molar-refractivity contribution in [1.82, 2.24) is 0 Å². The van der Waals surface area contributed by atoms with E-state index >= 15 is 0 Å². The lowest BCUT2D eigenvalue weighted by Gasteiger charge is -2.35. The van der Waals surface area contributed by atoms with Gasteiger partial charge in [0.25, 0.3) is 0 Å². The molecule has 0 saturated heterocycles. The molecule has 0 unspecified atom stereocenters. The van der Waals surface area contributed by atoms with Crippen LogP contribution < -0.4 is 5.73 Å². The van der Waals surface area contributed by atoms with Crippen LogP contribution in [0.4, 0.5) is 5.69 Å². The fourth-order valence-electron chi connectivity index (χ4n) is 1.43. The van der Waals surface area contributed by atoms with Crippen molar-refractivity contribution in [2.45, 2.75) is 38.4 Å². The molecule has 0 atom stereocenters. The van der Waals surface area contributed by atoms with E-state index in [9.17, 15) is 4.80 Å². The molecule has 1 aromatic carbocycles. The third-order valence-corrected chi connectivity index (χ3v) is 6.74. The normalized spacial score (nSPS) is 12.9. The maximum Gasteiger partial charge on any atom is 0.188 e. The van der Waals surface area contributed by atoms with Gasteiger partial charge in [-0.1, -0.05) is 26.0 Å². The summed E-state index contributed by atoms with van der Waals surface area (Å²) in [5, 5.41) is -0.0270. The zero-order valence-corrected chi connectivity index (χ0v) is 11.0. The first kappa shape index (κ1) is 12.3. The summed E-state index contributed by atoms with van der Waals surface area (Å²) in [6.45, 7) is 8.23. The Bertz CT molecular complexity index is 342. The zero-order valence-electron chi connectivity index (χ0n) is 10.0. The number of hydrogen-bond acceptors (Lipinski definition) is 2. The molecular formula is C12H21NOSi. The lowest BCUT2D eigenvalue weighted by atomic mass is 10.0. The number of benzene rings is 1. The van der Waals surface area contributed by atoms with Crippen LogP contribution in [0.1, 0.15) is 19.4 Å². The van der Waals surface area contributed by atoms with Crippen LogP contribution >= 0.6 is 0 Å². The molecule has 0 amide bonds. The zero-order chi connectivity index (χ0) is 11.7. The van der Waals surface area contributed by atoms with Crippen LogP contribution in [0.5, 0.6) is 0 Å². The van der Waals surface area contributed by atoms with E-state index in [0.29, 0.717) is 0 Å². The molecule has 0 saturated carbocycles. The number of nitrogen functional groups attached to an aromatic ring is 1. The van der Waals surface area contributed by atoms with Crippen LogP contribution in [0.2, 0.25) is 18.1 Å². The summed E-state index contributed by atoms with van der Waals surface area (Å²) in [5.74, 6) is 0.